The molecular weight excluding hydrogens is 368 g/mol. The lowest BCUT2D eigenvalue weighted by atomic mass is 10.2. The highest BCUT2D eigenvalue weighted by Gasteiger charge is 2.19. The van der Waals surface area contributed by atoms with Crippen LogP contribution in [0.15, 0.2) is 52.1 Å². The average molecular weight is 385 g/mol. The second-order valence-corrected chi connectivity index (χ2v) is 6.59. The number of halogens is 1. The molecule has 0 aliphatic carbocycles. The molecule has 3 rings (SSSR count). The first-order valence-electron chi connectivity index (χ1n) is 8.13. The van der Waals surface area contributed by atoms with Crippen LogP contribution in [0.5, 0.6) is 0 Å². The molecule has 7 nitrogen and oxygen atoms in total. The van der Waals surface area contributed by atoms with Crippen LogP contribution in [0.2, 0.25) is 5.02 Å². The molecule has 0 aliphatic rings. The van der Waals surface area contributed by atoms with Gasteiger partial charge in [0.15, 0.2) is 0 Å². The minimum absolute atomic E-state index is 0.382. The molecule has 1 amide bonds. The topological polar surface area (TPSA) is 86.0 Å². The monoisotopic (exact) mass is 384 g/mol. The molecule has 3 aromatic rings. The van der Waals surface area contributed by atoms with E-state index in [0.29, 0.717) is 16.4 Å². The summed E-state index contributed by atoms with van der Waals surface area (Å²) in [5, 5.41) is 7.18. The Labute approximate surface area is 159 Å². The van der Waals surface area contributed by atoms with Gasteiger partial charge in [0.25, 0.3) is 11.5 Å². The van der Waals surface area contributed by atoms with Crippen LogP contribution in [0, 0.1) is 13.8 Å². The van der Waals surface area contributed by atoms with Crippen LogP contribution in [0.1, 0.15) is 21.6 Å². The second-order valence-electron chi connectivity index (χ2n) is 6.16. The van der Waals surface area contributed by atoms with Crippen molar-refractivity contribution in [3.05, 3.63) is 85.1 Å². The fraction of sp³-hybridized carbons (Fsp3) is 0.158. The van der Waals surface area contributed by atoms with Gasteiger partial charge in [-0.1, -0.05) is 29.3 Å². The van der Waals surface area contributed by atoms with Crippen molar-refractivity contribution in [1.82, 2.24) is 14.3 Å². The van der Waals surface area contributed by atoms with Gasteiger partial charge >= 0.3 is 5.69 Å². The van der Waals surface area contributed by atoms with Crippen LogP contribution < -0.4 is 16.6 Å². The van der Waals surface area contributed by atoms with E-state index in [0.717, 1.165) is 20.4 Å². The van der Waals surface area contributed by atoms with Gasteiger partial charge in [0.2, 0.25) is 5.69 Å². The molecule has 0 bridgehead atoms. The SMILES string of the molecule is Cc1ccc(-n2nc(C(=O)Nc3ccc(Cl)cc3C)c(=O)n(C)c2=O)cc1. The fourth-order valence-electron chi connectivity index (χ4n) is 2.52. The van der Waals surface area contributed by atoms with Gasteiger partial charge in [-0.05, 0) is 49.7 Å². The summed E-state index contributed by atoms with van der Waals surface area (Å²) in [6, 6.07) is 12.0. The normalized spacial score (nSPS) is 10.7. The Kier molecular flexibility index (Phi) is 4.96. The Morgan fingerprint density at radius 3 is 2.37 bits per heavy atom. The quantitative estimate of drug-likeness (QED) is 0.751. The molecule has 27 heavy (non-hydrogen) atoms. The van der Waals surface area contributed by atoms with Gasteiger partial charge < -0.3 is 5.32 Å². The zero-order valence-electron chi connectivity index (χ0n) is 15.0. The molecule has 138 valence electrons. The summed E-state index contributed by atoms with van der Waals surface area (Å²) >= 11 is 5.92. The second kappa shape index (κ2) is 7.20. The molecule has 0 unspecified atom stereocenters. The third-order valence-corrected chi connectivity index (χ3v) is 4.34. The molecule has 1 aromatic heterocycles. The number of benzene rings is 2. The van der Waals surface area contributed by atoms with E-state index < -0.39 is 17.2 Å². The maximum atomic E-state index is 12.6. The molecule has 0 radical (unpaired) electrons. The van der Waals surface area contributed by atoms with E-state index >= 15 is 0 Å². The van der Waals surface area contributed by atoms with Crippen molar-refractivity contribution in [3.8, 4) is 5.69 Å². The average Bonchev–Trinajstić information content (AvgIpc) is 2.63. The molecule has 1 heterocycles. The summed E-state index contributed by atoms with van der Waals surface area (Å²) in [7, 11) is 1.31. The number of nitrogens with zero attached hydrogens (tertiary/aromatic N) is 3. The maximum absolute atomic E-state index is 12.6. The van der Waals surface area contributed by atoms with Crippen LogP contribution in [0.25, 0.3) is 5.69 Å². The van der Waals surface area contributed by atoms with Crippen LogP contribution in [-0.4, -0.2) is 20.3 Å². The lowest BCUT2D eigenvalue weighted by molar-refractivity contribution is 0.101. The van der Waals surface area contributed by atoms with Gasteiger partial charge in [0.1, 0.15) is 0 Å². The summed E-state index contributed by atoms with van der Waals surface area (Å²) in [6.45, 7) is 3.69. The fourth-order valence-corrected chi connectivity index (χ4v) is 2.75. The third-order valence-electron chi connectivity index (χ3n) is 4.11. The van der Waals surface area contributed by atoms with Gasteiger partial charge in [-0.2, -0.15) is 9.78 Å². The summed E-state index contributed by atoms with van der Waals surface area (Å²) in [5.41, 5.74) is 0.911. The Morgan fingerprint density at radius 2 is 1.74 bits per heavy atom. The van der Waals surface area contributed by atoms with Gasteiger partial charge in [0.05, 0.1) is 5.69 Å². The lowest BCUT2D eigenvalue weighted by Gasteiger charge is -2.11. The lowest BCUT2D eigenvalue weighted by Crippen LogP contribution is -2.43. The first kappa shape index (κ1) is 18.6. The Morgan fingerprint density at radius 1 is 1.07 bits per heavy atom. The van der Waals surface area contributed by atoms with Gasteiger partial charge in [-0.25, -0.2) is 4.79 Å². The molecule has 0 fully saturated rings. The highest BCUT2D eigenvalue weighted by atomic mass is 35.5. The first-order chi connectivity index (χ1) is 12.8. The summed E-state index contributed by atoms with van der Waals surface area (Å²) in [5.74, 6) is -0.707. The van der Waals surface area contributed by atoms with Crippen molar-refractivity contribution in [1.29, 1.82) is 0 Å². The standard InChI is InChI=1S/C19H17ClN4O3/c1-11-4-7-14(8-5-11)24-19(27)23(3)18(26)16(22-24)17(25)21-15-9-6-13(20)10-12(15)2/h4-10H,1-3H3,(H,21,25). The largest absolute Gasteiger partial charge is 0.351 e. The van der Waals surface area contributed by atoms with Crippen LogP contribution in [0.4, 0.5) is 5.69 Å². The number of hydrogen-bond acceptors (Lipinski definition) is 4. The summed E-state index contributed by atoms with van der Waals surface area (Å²) < 4.78 is 1.89. The molecule has 2 aromatic carbocycles. The van der Waals surface area contributed by atoms with E-state index in [1.807, 2.05) is 19.1 Å². The number of aromatic nitrogens is 3. The van der Waals surface area contributed by atoms with Gasteiger partial charge in [-0.3, -0.25) is 14.2 Å². The van der Waals surface area contributed by atoms with E-state index in [-0.39, 0.29) is 5.69 Å². The van der Waals surface area contributed by atoms with Crippen molar-refractivity contribution in [2.45, 2.75) is 13.8 Å². The Bertz CT molecular complexity index is 1150. The molecule has 0 aliphatic heterocycles. The van der Waals surface area contributed by atoms with Crippen molar-refractivity contribution in [3.63, 3.8) is 0 Å². The molecule has 0 saturated carbocycles. The van der Waals surface area contributed by atoms with E-state index in [1.165, 1.54) is 7.05 Å². The van der Waals surface area contributed by atoms with E-state index in [9.17, 15) is 14.4 Å². The summed E-state index contributed by atoms with van der Waals surface area (Å²) in [4.78, 5) is 37.5. The molecule has 1 N–H and O–H groups in total. The van der Waals surface area contributed by atoms with Crippen molar-refractivity contribution < 1.29 is 4.79 Å². The number of amides is 1. The van der Waals surface area contributed by atoms with E-state index in [4.69, 9.17) is 11.6 Å². The molecule has 0 spiro atoms. The molecular formula is C19H17ClN4O3. The van der Waals surface area contributed by atoms with E-state index in [1.54, 1.807) is 37.3 Å². The van der Waals surface area contributed by atoms with Crippen molar-refractivity contribution in [2.75, 3.05) is 5.32 Å². The highest BCUT2D eigenvalue weighted by Crippen LogP contribution is 2.19. The van der Waals surface area contributed by atoms with Crippen LogP contribution in [0.3, 0.4) is 0 Å². The Balaban J connectivity index is 2.07. The maximum Gasteiger partial charge on any atom is 0.351 e. The van der Waals surface area contributed by atoms with Crippen molar-refractivity contribution in [2.24, 2.45) is 7.05 Å². The van der Waals surface area contributed by atoms with Crippen LogP contribution >= 0.6 is 11.6 Å². The number of nitrogens with one attached hydrogen (secondary N) is 1. The number of carbonyl (C=O) groups excluding carboxylic acids is 1. The number of anilines is 1. The number of carbonyl (C=O) groups is 1. The zero-order valence-corrected chi connectivity index (χ0v) is 15.7. The zero-order chi connectivity index (χ0) is 19.7. The summed E-state index contributed by atoms with van der Waals surface area (Å²) in [6.07, 6.45) is 0. The van der Waals surface area contributed by atoms with Gasteiger partial charge in [0, 0.05) is 17.8 Å². The molecule has 0 atom stereocenters. The predicted octanol–water partition coefficient (Wildman–Crippen LogP) is 2.45. The number of rotatable bonds is 3. The highest BCUT2D eigenvalue weighted by molar-refractivity contribution is 6.30. The van der Waals surface area contributed by atoms with Gasteiger partial charge in [-0.15, -0.1) is 0 Å². The van der Waals surface area contributed by atoms with E-state index in [2.05, 4.69) is 10.4 Å². The molecule has 8 heteroatoms. The Hall–Kier alpha value is -3.19. The van der Waals surface area contributed by atoms with Crippen LogP contribution in [-0.2, 0) is 7.05 Å². The molecule has 0 saturated heterocycles. The minimum Gasteiger partial charge on any atom is -0.320 e. The third kappa shape index (κ3) is 3.68. The number of hydrogen-bond donors (Lipinski definition) is 1. The first-order valence-corrected chi connectivity index (χ1v) is 8.50. The predicted molar refractivity (Wildman–Crippen MR) is 104 cm³/mol. The smallest absolute Gasteiger partial charge is 0.320 e. The number of aryl methyl sites for hydroxylation is 2. The minimum atomic E-state index is -0.771. The van der Waals surface area contributed by atoms with Crippen molar-refractivity contribution >= 4 is 23.2 Å².